The van der Waals surface area contributed by atoms with Gasteiger partial charge in [0.05, 0.1) is 24.3 Å². The molecule has 0 aliphatic heterocycles. The fourth-order valence-corrected chi connectivity index (χ4v) is 4.27. The third-order valence-electron chi connectivity index (χ3n) is 2.86. The van der Waals surface area contributed by atoms with E-state index in [0.717, 1.165) is 12.8 Å². The average molecular weight is 566 g/mol. The zero-order valence-corrected chi connectivity index (χ0v) is 18.5. The lowest BCUT2D eigenvalue weighted by Gasteiger charge is -2.17. The molecule has 0 saturated heterocycles. The Morgan fingerprint density at radius 3 is 1.82 bits per heavy atom. The molecule has 1 unspecified atom stereocenters. The molecule has 1 rings (SSSR count). The Labute approximate surface area is 162 Å². The number of carbonyl (C=O) groups is 2. The maximum absolute atomic E-state index is 12.5. The summed E-state index contributed by atoms with van der Waals surface area (Å²) in [6.45, 7) is 3.82. The van der Waals surface area contributed by atoms with Gasteiger partial charge in [-0.3, -0.25) is 0 Å². The van der Waals surface area contributed by atoms with Crippen molar-refractivity contribution in [1.82, 2.24) is 0 Å². The van der Waals surface area contributed by atoms with Crippen molar-refractivity contribution in [3.05, 3.63) is 29.0 Å². The van der Waals surface area contributed by atoms with Gasteiger partial charge in [-0.1, -0.05) is 13.3 Å². The van der Waals surface area contributed by atoms with Crippen LogP contribution in [-0.2, 0) is 9.47 Å². The van der Waals surface area contributed by atoms with Crippen LogP contribution in [0.2, 0.25) is 0 Å². The molecule has 0 heterocycles. The van der Waals surface area contributed by atoms with Crippen LogP contribution in [0, 0.1) is 0 Å². The summed E-state index contributed by atoms with van der Waals surface area (Å²) in [6.07, 6.45) is 1.40. The molecule has 8 heteroatoms. The first-order valence-corrected chi connectivity index (χ1v) is 9.58. The van der Waals surface area contributed by atoms with Crippen LogP contribution in [0.5, 0.6) is 0 Å². The van der Waals surface area contributed by atoms with Gasteiger partial charge in [-0.2, -0.15) is 0 Å². The maximum Gasteiger partial charge on any atom is 0.340 e. The minimum absolute atomic E-state index is 0.109. The molecule has 0 bridgehead atoms. The summed E-state index contributed by atoms with van der Waals surface area (Å²) in [4.78, 5) is 24.6. The zero-order valence-electron chi connectivity index (χ0n) is 12.1. The topological polar surface area (TPSA) is 52.6 Å². The summed E-state index contributed by atoms with van der Waals surface area (Å²) < 4.78 is 12.2. The average Bonchev–Trinajstić information content (AvgIpc) is 2.47. The van der Waals surface area contributed by atoms with Crippen LogP contribution in [-0.4, -0.2) is 25.2 Å². The van der Waals surface area contributed by atoms with E-state index in [-0.39, 0.29) is 17.2 Å². The van der Waals surface area contributed by atoms with Crippen LogP contribution in [0.1, 0.15) is 47.4 Å². The van der Waals surface area contributed by atoms with Crippen LogP contribution in [0.25, 0.3) is 0 Å². The van der Waals surface area contributed by atoms with Crippen molar-refractivity contribution < 1.29 is 19.1 Å². The zero-order chi connectivity index (χ0) is 17.0. The van der Waals surface area contributed by atoms with E-state index in [1.54, 1.807) is 0 Å². The second kappa shape index (κ2) is 8.80. The molecular weight excluding hydrogens is 552 g/mol. The van der Waals surface area contributed by atoms with Crippen molar-refractivity contribution in [2.24, 2.45) is 0 Å². The van der Waals surface area contributed by atoms with Crippen LogP contribution in [0.15, 0.2) is 17.9 Å². The van der Waals surface area contributed by atoms with Gasteiger partial charge < -0.3 is 9.47 Å². The Kier molecular flexibility index (Phi) is 8.05. The number of ether oxygens (including phenoxy) is 2. The van der Waals surface area contributed by atoms with E-state index in [1.165, 1.54) is 7.11 Å². The number of hydrogen-bond donors (Lipinski definition) is 0. The van der Waals surface area contributed by atoms with Crippen LogP contribution >= 0.6 is 63.7 Å². The number of hydrogen-bond acceptors (Lipinski definition) is 4. The molecule has 0 aliphatic carbocycles. The molecule has 1 aromatic carbocycles. The summed E-state index contributed by atoms with van der Waals surface area (Å²) >= 11 is 13.4. The second-order valence-corrected chi connectivity index (χ2v) is 7.67. The number of rotatable bonds is 5. The first-order chi connectivity index (χ1) is 10.3. The van der Waals surface area contributed by atoms with Gasteiger partial charge in [0.25, 0.3) is 0 Å². The van der Waals surface area contributed by atoms with E-state index in [2.05, 4.69) is 63.7 Å². The van der Waals surface area contributed by atoms with E-state index in [0.29, 0.717) is 17.9 Å². The molecule has 0 aliphatic rings. The van der Waals surface area contributed by atoms with Crippen molar-refractivity contribution in [3.63, 3.8) is 0 Å². The lowest BCUT2D eigenvalue weighted by atomic mass is 10.1. The Bertz CT molecular complexity index is 601. The molecule has 0 amide bonds. The van der Waals surface area contributed by atoms with Crippen LogP contribution in [0.4, 0.5) is 0 Å². The summed E-state index contributed by atoms with van der Waals surface area (Å²) in [5, 5.41) is 0. The van der Waals surface area contributed by atoms with Gasteiger partial charge in [0.2, 0.25) is 0 Å². The molecule has 0 spiro atoms. The third-order valence-corrected chi connectivity index (χ3v) is 7.63. The number of esters is 2. The Balaban J connectivity index is 3.44. The number of carbonyl (C=O) groups excluding carboxylic acids is 2. The fraction of sp³-hybridized carbons (Fsp3) is 0.429. The van der Waals surface area contributed by atoms with Gasteiger partial charge in [0.1, 0.15) is 0 Å². The summed E-state index contributed by atoms with van der Waals surface area (Å²) in [5.74, 6) is -1.21. The van der Waals surface area contributed by atoms with Crippen LogP contribution < -0.4 is 0 Å². The van der Waals surface area contributed by atoms with E-state index < -0.39 is 11.9 Å². The standard InChI is InChI=1S/C14H14Br4O4/c1-4-5-6(2)22-14(20)8-7(13(19)21-3)9(15)11(17)12(18)10(8)16/h6H,4-5H2,1-3H3. The first-order valence-electron chi connectivity index (χ1n) is 6.41. The van der Waals surface area contributed by atoms with Gasteiger partial charge in [-0.15, -0.1) is 0 Å². The highest BCUT2D eigenvalue weighted by molar-refractivity contribution is 9.15. The maximum atomic E-state index is 12.5. The molecule has 1 atom stereocenters. The number of halogens is 4. The van der Waals surface area contributed by atoms with Crippen molar-refractivity contribution in [3.8, 4) is 0 Å². The van der Waals surface area contributed by atoms with E-state index in [9.17, 15) is 9.59 Å². The minimum atomic E-state index is -0.629. The van der Waals surface area contributed by atoms with E-state index >= 15 is 0 Å². The Morgan fingerprint density at radius 1 is 0.955 bits per heavy atom. The molecule has 22 heavy (non-hydrogen) atoms. The van der Waals surface area contributed by atoms with Gasteiger partial charge in [0, 0.05) is 17.9 Å². The predicted molar refractivity (Wildman–Crippen MR) is 98.4 cm³/mol. The second-order valence-electron chi connectivity index (χ2n) is 4.50. The summed E-state index contributed by atoms with van der Waals surface area (Å²) in [5.41, 5.74) is 0.231. The molecule has 1 aromatic rings. The van der Waals surface area contributed by atoms with Gasteiger partial charge >= 0.3 is 11.9 Å². The van der Waals surface area contributed by atoms with E-state index in [4.69, 9.17) is 9.47 Å². The molecule has 4 nitrogen and oxygen atoms in total. The molecule has 0 radical (unpaired) electrons. The SMILES string of the molecule is CCCC(C)OC(=O)c1c(Br)c(Br)c(Br)c(Br)c1C(=O)OC. The lowest BCUT2D eigenvalue weighted by Crippen LogP contribution is -2.19. The van der Waals surface area contributed by atoms with Crippen molar-refractivity contribution in [1.29, 1.82) is 0 Å². The summed E-state index contributed by atoms with van der Waals surface area (Å²) in [6, 6.07) is 0. The monoisotopic (exact) mass is 562 g/mol. The molecule has 0 aromatic heterocycles. The minimum Gasteiger partial charge on any atom is -0.465 e. The highest BCUT2D eigenvalue weighted by atomic mass is 79.9. The molecular formula is C14H14Br4O4. The molecule has 0 fully saturated rings. The van der Waals surface area contributed by atoms with Crippen molar-refractivity contribution >= 4 is 75.7 Å². The van der Waals surface area contributed by atoms with Gasteiger partial charge in [-0.25, -0.2) is 9.59 Å². The summed E-state index contributed by atoms with van der Waals surface area (Å²) in [7, 11) is 1.26. The van der Waals surface area contributed by atoms with Crippen molar-refractivity contribution in [2.45, 2.75) is 32.8 Å². The van der Waals surface area contributed by atoms with Gasteiger partial charge in [-0.05, 0) is 77.1 Å². The smallest absolute Gasteiger partial charge is 0.340 e. The Hall–Kier alpha value is 0.0800. The van der Waals surface area contributed by atoms with Crippen LogP contribution in [0.3, 0.4) is 0 Å². The lowest BCUT2D eigenvalue weighted by molar-refractivity contribution is 0.0314. The highest BCUT2D eigenvalue weighted by Crippen LogP contribution is 2.42. The van der Waals surface area contributed by atoms with Gasteiger partial charge in [0.15, 0.2) is 0 Å². The molecule has 0 N–H and O–H groups in total. The predicted octanol–water partition coefficient (Wildman–Crippen LogP) is 5.87. The molecule has 0 saturated carbocycles. The molecule has 122 valence electrons. The number of benzene rings is 1. The first kappa shape index (κ1) is 20.1. The highest BCUT2D eigenvalue weighted by Gasteiger charge is 2.30. The quantitative estimate of drug-likeness (QED) is 0.255. The Morgan fingerprint density at radius 2 is 1.41 bits per heavy atom. The fourth-order valence-electron chi connectivity index (χ4n) is 1.82. The van der Waals surface area contributed by atoms with Crippen molar-refractivity contribution in [2.75, 3.05) is 7.11 Å². The normalized spacial score (nSPS) is 12.0. The number of methoxy groups -OCH3 is 1. The third kappa shape index (κ3) is 4.33. The largest absolute Gasteiger partial charge is 0.465 e. The van der Waals surface area contributed by atoms with E-state index in [1.807, 2.05) is 13.8 Å².